The van der Waals surface area contributed by atoms with Crippen LogP contribution in [0, 0.1) is 0 Å². The lowest BCUT2D eigenvalue weighted by atomic mass is 10.0. The number of ether oxygens (including phenoxy) is 1. The van der Waals surface area contributed by atoms with Crippen LogP contribution in [0.3, 0.4) is 0 Å². The molecule has 1 atom stereocenters. The van der Waals surface area contributed by atoms with Crippen molar-refractivity contribution in [2.45, 2.75) is 39.0 Å². The fourth-order valence-electron chi connectivity index (χ4n) is 3.01. The van der Waals surface area contributed by atoms with Crippen LogP contribution in [-0.2, 0) is 17.8 Å². The van der Waals surface area contributed by atoms with Gasteiger partial charge in [-0.2, -0.15) is 0 Å². The topological polar surface area (TPSA) is 74.3 Å². The fraction of sp³-hybridized carbons (Fsp3) is 0.286. The van der Waals surface area contributed by atoms with Crippen molar-refractivity contribution >= 4 is 28.5 Å². The van der Waals surface area contributed by atoms with Crippen molar-refractivity contribution in [1.29, 1.82) is 0 Å². The minimum Gasteiger partial charge on any atom is -0.489 e. The van der Waals surface area contributed by atoms with Crippen LogP contribution in [-0.4, -0.2) is 28.2 Å². The van der Waals surface area contributed by atoms with Gasteiger partial charge in [-0.1, -0.05) is 35.9 Å². The number of aromatic amines is 1. The van der Waals surface area contributed by atoms with E-state index < -0.39 is 12.0 Å². The monoisotopic (exact) mass is 386 g/mol. The molecule has 0 fully saturated rings. The molecule has 5 nitrogen and oxygen atoms in total. The Kier molecular flexibility index (Phi) is 6.04. The maximum absolute atomic E-state index is 11.7. The molecular formula is C21H23ClN2O3. The van der Waals surface area contributed by atoms with E-state index in [0.29, 0.717) is 23.7 Å². The summed E-state index contributed by atoms with van der Waals surface area (Å²) >= 11 is 6.26. The second-order valence-electron chi connectivity index (χ2n) is 6.77. The number of nitrogens with one attached hydrogen (secondary N) is 2. The Morgan fingerprint density at radius 3 is 2.74 bits per heavy atom. The normalized spacial score (nSPS) is 12.4. The van der Waals surface area contributed by atoms with Crippen LogP contribution < -0.4 is 10.1 Å². The molecule has 27 heavy (non-hydrogen) atoms. The van der Waals surface area contributed by atoms with Crippen LogP contribution in [0.5, 0.6) is 5.75 Å². The van der Waals surface area contributed by atoms with Crippen molar-refractivity contribution in [2.24, 2.45) is 0 Å². The first kappa shape index (κ1) is 19.3. The smallest absolute Gasteiger partial charge is 0.321 e. The number of halogens is 1. The molecule has 0 spiro atoms. The van der Waals surface area contributed by atoms with Crippen LogP contribution >= 0.6 is 11.6 Å². The molecule has 0 saturated carbocycles. The molecule has 3 N–H and O–H groups in total. The summed E-state index contributed by atoms with van der Waals surface area (Å²) in [5, 5.41) is 14.3. The molecule has 0 unspecified atom stereocenters. The van der Waals surface area contributed by atoms with Crippen molar-refractivity contribution in [3.05, 3.63) is 64.8 Å². The highest BCUT2D eigenvalue weighted by atomic mass is 35.5. The van der Waals surface area contributed by atoms with Gasteiger partial charge in [0.25, 0.3) is 0 Å². The Hall–Kier alpha value is -2.50. The van der Waals surface area contributed by atoms with E-state index in [-0.39, 0.29) is 6.10 Å². The third-order valence-electron chi connectivity index (χ3n) is 4.31. The first-order chi connectivity index (χ1) is 12.9. The highest BCUT2D eigenvalue weighted by molar-refractivity contribution is 6.32. The molecule has 0 bridgehead atoms. The van der Waals surface area contributed by atoms with Crippen LogP contribution in [0.25, 0.3) is 10.9 Å². The van der Waals surface area contributed by atoms with Gasteiger partial charge in [-0.15, -0.1) is 0 Å². The van der Waals surface area contributed by atoms with Gasteiger partial charge in [-0.05, 0) is 43.2 Å². The van der Waals surface area contributed by atoms with Crippen LogP contribution in [0.15, 0.2) is 48.7 Å². The van der Waals surface area contributed by atoms with Gasteiger partial charge in [0.15, 0.2) is 0 Å². The maximum atomic E-state index is 11.7. The minimum absolute atomic E-state index is 0.0408. The Balaban J connectivity index is 1.68. The largest absolute Gasteiger partial charge is 0.489 e. The minimum atomic E-state index is -0.883. The van der Waals surface area contributed by atoms with Gasteiger partial charge in [0, 0.05) is 30.1 Å². The van der Waals surface area contributed by atoms with E-state index in [4.69, 9.17) is 16.3 Å². The maximum Gasteiger partial charge on any atom is 0.321 e. The van der Waals surface area contributed by atoms with Crippen molar-refractivity contribution in [3.63, 3.8) is 0 Å². The van der Waals surface area contributed by atoms with Crippen LogP contribution in [0.4, 0.5) is 0 Å². The fourth-order valence-corrected chi connectivity index (χ4v) is 3.26. The molecule has 6 heteroatoms. The number of aliphatic carboxylic acids is 1. The third-order valence-corrected chi connectivity index (χ3v) is 4.60. The second kappa shape index (κ2) is 8.46. The predicted octanol–water partition coefficient (Wildman–Crippen LogP) is 4.39. The zero-order valence-corrected chi connectivity index (χ0v) is 16.1. The van der Waals surface area contributed by atoms with Gasteiger partial charge in [0.05, 0.1) is 11.1 Å². The molecule has 2 aromatic carbocycles. The molecular weight excluding hydrogens is 364 g/mol. The van der Waals surface area contributed by atoms with Gasteiger partial charge in [-0.3, -0.25) is 4.79 Å². The second-order valence-corrected chi connectivity index (χ2v) is 7.17. The van der Waals surface area contributed by atoms with Gasteiger partial charge >= 0.3 is 5.97 Å². The van der Waals surface area contributed by atoms with Crippen LogP contribution in [0.2, 0.25) is 5.02 Å². The van der Waals surface area contributed by atoms with Crippen molar-refractivity contribution in [1.82, 2.24) is 10.3 Å². The number of aromatic nitrogens is 1. The van der Waals surface area contributed by atoms with E-state index in [1.54, 1.807) is 6.07 Å². The molecule has 0 radical (unpaired) electrons. The van der Waals surface area contributed by atoms with Gasteiger partial charge in [0.1, 0.15) is 11.8 Å². The van der Waals surface area contributed by atoms with E-state index in [1.165, 1.54) is 0 Å². The van der Waals surface area contributed by atoms with E-state index in [0.717, 1.165) is 22.0 Å². The average Bonchev–Trinajstić information content (AvgIpc) is 3.03. The highest BCUT2D eigenvalue weighted by Gasteiger charge is 2.19. The quantitative estimate of drug-likeness (QED) is 0.536. The molecule has 3 aromatic rings. The Labute approximate surface area is 163 Å². The lowest BCUT2D eigenvalue weighted by Gasteiger charge is -2.16. The molecule has 1 heterocycles. The number of H-pyrrole nitrogens is 1. The Bertz CT molecular complexity index is 936. The van der Waals surface area contributed by atoms with Gasteiger partial charge in [-0.25, -0.2) is 0 Å². The summed E-state index contributed by atoms with van der Waals surface area (Å²) in [6, 6.07) is 12.7. The summed E-state index contributed by atoms with van der Waals surface area (Å²) in [4.78, 5) is 14.9. The standard InChI is InChI=1S/C21H23ClN2O3/c1-13(2)27-20-8-7-14(9-17(20)22)11-23-19(21(25)26)10-15-12-24-18-6-4-3-5-16(15)18/h3-9,12-13,19,23-24H,10-11H2,1-2H3,(H,25,26)/t19-/m0/s1. The van der Waals surface area contributed by atoms with Crippen molar-refractivity contribution in [3.8, 4) is 5.75 Å². The predicted molar refractivity (Wildman–Crippen MR) is 107 cm³/mol. The molecule has 0 amide bonds. The summed E-state index contributed by atoms with van der Waals surface area (Å²) in [5.41, 5.74) is 2.88. The van der Waals surface area contributed by atoms with E-state index in [9.17, 15) is 9.90 Å². The van der Waals surface area contributed by atoms with E-state index in [1.807, 2.05) is 56.4 Å². The molecule has 0 aliphatic heterocycles. The Morgan fingerprint density at radius 2 is 2.04 bits per heavy atom. The van der Waals surface area contributed by atoms with Crippen LogP contribution in [0.1, 0.15) is 25.0 Å². The molecule has 0 aliphatic carbocycles. The zero-order chi connectivity index (χ0) is 19.4. The number of carboxylic acid groups (broad SMARTS) is 1. The molecule has 3 rings (SSSR count). The summed E-state index contributed by atoms with van der Waals surface area (Å²) in [7, 11) is 0. The number of carbonyl (C=O) groups is 1. The summed E-state index contributed by atoms with van der Waals surface area (Å²) in [6.07, 6.45) is 2.30. The SMILES string of the molecule is CC(C)Oc1ccc(CN[C@@H](Cc2c[nH]c3ccccc23)C(=O)O)cc1Cl. The number of hydrogen-bond acceptors (Lipinski definition) is 3. The molecule has 0 aliphatic rings. The van der Waals surface area contributed by atoms with E-state index in [2.05, 4.69) is 10.3 Å². The lowest BCUT2D eigenvalue weighted by molar-refractivity contribution is -0.139. The number of fused-ring (bicyclic) bond motifs is 1. The van der Waals surface area contributed by atoms with Gasteiger partial charge in [0.2, 0.25) is 0 Å². The summed E-state index contributed by atoms with van der Waals surface area (Å²) in [6.45, 7) is 4.28. The highest BCUT2D eigenvalue weighted by Crippen LogP contribution is 2.26. The number of benzene rings is 2. The molecule has 142 valence electrons. The third kappa shape index (κ3) is 4.81. The summed E-state index contributed by atoms with van der Waals surface area (Å²) in [5.74, 6) is -0.255. The first-order valence-electron chi connectivity index (χ1n) is 8.90. The number of hydrogen-bond donors (Lipinski definition) is 3. The number of rotatable bonds is 8. The van der Waals surface area contributed by atoms with Gasteiger partial charge < -0.3 is 20.1 Å². The van der Waals surface area contributed by atoms with Crippen molar-refractivity contribution < 1.29 is 14.6 Å². The zero-order valence-electron chi connectivity index (χ0n) is 15.3. The summed E-state index contributed by atoms with van der Waals surface area (Å²) < 4.78 is 5.62. The Morgan fingerprint density at radius 1 is 1.26 bits per heavy atom. The van der Waals surface area contributed by atoms with Crippen molar-refractivity contribution in [2.75, 3.05) is 0 Å². The number of carboxylic acids is 1. The first-order valence-corrected chi connectivity index (χ1v) is 9.28. The number of para-hydroxylation sites is 1. The molecule has 0 saturated heterocycles. The molecule has 1 aromatic heterocycles. The average molecular weight is 387 g/mol. The van der Waals surface area contributed by atoms with E-state index >= 15 is 0 Å². The lowest BCUT2D eigenvalue weighted by Crippen LogP contribution is -2.38.